The van der Waals surface area contributed by atoms with Gasteiger partial charge in [0, 0.05) is 25.8 Å². The highest BCUT2D eigenvalue weighted by Crippen LogP contribution is 2.29. The second kappa shape index (κ2) is 5.59. The largest absolute Gasteiger partial charge is 0.386 e. The average molecular weight is 261 g/mol. The van der Waals surface area contributed by atoms with Crippen molar-refractivity contribution in [1.29, 1.82) is 0 Å². The molecular weight excluding hydrogens is 238 g/mol. The van der Waals surface area contributed by atoms with E-state index in [9.17, 15) is 4.79 Å². The number of piperidine rings is 1. The molecule has 4 heteroatoms. The van der Waals surface area contributed by atoms with Crippen LogP contribution in [0.1, 0.15) is 37.6 Å². The molecule has 1 amide bonds. The molecular formula is C15H23N3O. The zero-order valence-electron chi connectivity index (χ0n) is 12.2. The Morgan fingerprint density at radius 3 is 2.84 bits per heavy atom. The van der Waals surface area contributed by atoms with Crippen LogP contribution in [0.5, 0.6) is 0 Å². The van der Waals surface area contributed by atoms with Crippen LogP contribution >= 0.6 is 0 Å². The normalized spacial score (nSPS) is 27.2. The second-order valence-corrected chi connectivity index (χ2v) is 5.69. The van der Waals surface area contributed by atoms with E-state index < -0.39 is 0 Å². The summed E-state index contributed by atoms with van der Waals surface area (Å²) in [6, 6.07) is 2.09. The van der Waals surface area contributed by atoms with Gasteiger partial charge >= 0.3 is 0 Å². The fraction of sp³-hybridized carbons (Fsp3) is 0.600. The quantitative estimate of drug-likeness (QED) is 0.890. The topological polar surface area (TPSA) is 45.2 Å². The molecule has 104 valence electrons. The van der Waals surface area contributed by atoms with Crippen molar-refractivity contribution in [2.24, 2.45) is 11.8 Å². The number of amides is 1. The van der Waals surface area contributed by atoms with Crippen LogP contribution in [0.3, 0.4) is 0 Å². The monoisotopic (exact) mass is 261 g/mol. The van der Waals surface area contributed by atoms with E-state index in [-0.39, 0.29) is 5.91 Å². The SMILES string of the molecule is CNc1cnccc1C(=O)N1CC(C)CC(C)C1C. The molecule has 2 rings (SSSR count). The van der Waals surface area contributed by atoms with Gasteiger partial charge in [-0.15, -0.1) is 0 Å². The van der Waals surface area contributed by atoms with Gasteiger partial charge in [-0.05, 0) is 31.2 Å². The molecule has 1 fully saturated rings. The Morgan fingerprint density at radius 1 is 1.42 bits per heavy atom. The molecule has 3 unspecified atom stereocenters. The molecule has 0 bridgehead atoms. The van der Waals surface area contributed by atoms with Crippen molar-refractivity contribution in [3.05, 3.63) is 24.0 Å². The summed E-state index contributed by atoms with van der Waals surface area (Å²) in [5, 5.41) is 3.04. The lowest BCUT2D eigenvalue weighted by Crippen LogP contribution is -2.49. The summed E-state index contributed by atoms with van der Waals surface area (Å²) >= 11 is 0. The molecule has 1 N–H and O–H groups in total. The van der Waals surface area contributed by atoms with Crippen LogP contribution < -0.4 is 5.32 Å². The van der Waals surface area contributed by atoms with Gasteiger partial charge in [0.1, 0.15) is 0 Å². The molecule has 0 aliphatic carbocycles. The maximum Gasteiger partial charge on any atom is 0.256 e. The standard InChI is InChI=1S/C15H23N3O/c1-10-7-11(2)12(3)18(9-10)15(19)13-5-6-17-8-14(13)16-4/h5-6,8,10-12,16H,7,9H2,1-4H3. The first-order valence-electron chi connectivity index (χ1n) is 6.97. The van der Waals surface area contributed by atoms with Crippen molar-refractivity contribution < 1.29 is 4.79 Å². The Labute approximate surface area is 115 Å². The van der Waals surface area contributed by atoms with E-state index in [0.717, 1.165) is 12.2 Å². The number of carbonyl (C=O) groups is 1. The molecule has 2 heterocycles. The number of carbonyl (C=O) groups excluding carboxylic acids is 1. The molecule has 1 aromatic heterocycles. The molecule has 0 aromatic carbocycles. The van der Waals surface area contributed by atoms with Gasteiger partial charge in [-0.25, -0.2) is 0 Å². The lowest BCUT2D eigenvalue weighted by atomic mass is 9.85. The number of nitrogens with zero attached hydrogens (tertiary/aromatic N) is 2. The predicted octanol–water partition coefficient (Wildman–Crippen LogP) is 2.63. The van der Waals surface area contributed by atoms with Crippen LogP contribution in [-0.4, -0.2) is 35.4 Å². The minimum atomic E-state index is 0.109. The van der Waals surface area contributed by atoms with Gasteiger partial charge in [-0.3, -0.25) is 9.78 Å². The third kappa shape index (κ3) is 2.72. The third-order valence-corrected chi connectivity index (χ3v) is 4.18. The molecule has 1 saturated heterocycles. The average Bonchev–Trinajstić information content (AvgIpc) is 2.42. The summed E-state index contributed by atoms with van der Waals surface area (Å²) in [6.45, 7) is 7.44. The number of anilines is 1. The minimum Gasteiger partial charge on any atom is -0.386 e. The van der Waals surface area contributed by atoms with Crippen molar-refractivity contribution in [2.75, 3.05) is 18.9 Å². The van der Waals surface area contributed by atoms with Crippen LogP contribution in [0, 0.1) is 11.8 Å². The number of likely N-dealkylation sites (tertiary alicyclic amines) is 1. The Kier molecular flexibility index (Phi) is 4.08. The van der Waals surface area contributed by atoms with Gasteiger partial charge in [-0.2, -0.15) is 0 Å². The third-order valence-electron chi connectivity index (χ3n) is 4.18. The molecule has 4 nitrogen and oxygen atoms in total. The van der Waals surface area contributed by atoms with Gasteiger partial charge in [0.15, 0.2) is 0 Å². The van der Waals surface area contributed by atoms with E-state index in [1.54, 1.807) is 18.5 Å². The molecule has 1 aliphatic rings. The van der Waals surface area contributed by atoms with Crippen molar-refractivity contribution >= 4 is 11.6 Å². The Balaban J connectivity index is 2.27. The van der Waals surface area contributed by atoms with Crippen LogP contribution in [-0.2, 0) is 0 Å². The van der Waals surface area contributed by atoms with Crippen molar-refractivity contribution in [2.45, 2.75) is 33.2 Å². The summed E-state index contributed by atoms with van der Waals surface area (Å²) in [6.07, 6.45) is 4.57. The number of nitrogens with one attached hydrogen (secondary N) is 1. The summed E-state index contributed by atoms with van der Waals surface area (Å²) in [5.41, 5.74) is 1.51. The van der Waals surface area contributed by atoms with Crippen molar-refractivity contribution in [3.63, 3.8) is 0 Å². The Morgan fingerprint density at radius 2 is 2.16 bits per heavy atom. The maximum atomic E-state index is 12.7. The van der Waals surface area contributed by atoms with E-state index >= 15 is 0 Å². The number of hydrogen-bond acceptors (Lipinski definition) is 3. The van der Waals surface area contributed by atoms with Gasteiger partial charge in [0.25, 0.3) is 5.91 Å². The minimum absolute atomic E-state index is 0.109. The zero-order chi connectivity index (χ0) is 14.0. The van der Waals surface area contributed by atoms with Gasteiger partial charge in [-0.1, -0.05) is 13.8 Å². The summed E-state index contributed by atoms with van der Waals surface area (Å²) in [5.74, 6) is 1.22. The summed E-state index contributed by atoms with van der Waals surface area (Å²) in [4.78, 5) is 18.8. The van der Waals surface area contributed by atoms with Crippen LogP contribution in [0.4, 0.5) is 5.69 Å². The lowest BCUT2D eigenvalue weighted by Gasteiger charge is -2.41. The Hall–Kier alpha value is -1.58. The molecule has 0 saturated carbocycles. The van der Waals surface area contributed by atoms with Gasteiger partial charge in [0.2, 0.25) is 0 Å². The van der Waals surface area contributed by atoms with Gasteiger partial charge in [0.05, 0.1) is 17.4 Å². The van der Waals surface area contributed by atoms with Crippen LogP contribution in [0.15, 0.2) is 18.5 Å². The maximum absolute atomic E-state index is 12.7. The van der Waals surface area contributed by atoms with Gasteiger partial charge < -0.3 is 10.2 Å². The van der Waals surface area contributed by atoms with E-state index in [4.69, 9.17) is 0 Å². The highest BCUT2D eigenvalue weighted by Gasteiger charge is 2.32. The predicted molar refractivity (Wildman–Crippen MR) is 77.2 cm³/mol. The first kappa shape index (κ1) is 13.8. The van der Waals surface area contributed by atoms with Crippen LogP contribution in [0.25, 0.3) is 0 Å². The fourth-order valence-electron chi connectivity index (χ4n) is 2.92. The van der Waals surface area contributed by atoms with E-state index in [0.29, 0.717) is 23.4 Å². The fourth-order valence-corrected chi connectivity index (χ4v) is 2.92. The van der Waals surface area contributed by atoms with Crippen molar-refractivity contribution in [3.8, 4) is 0 Å². The molecule has 19 heavy (non-hydrogen) atoms. The number of aromatic nitrogens is 1. The van der Waals surface area contributed by atoms with E-state index in [1.165, 1.54) is 6.42 Å². The number of pyridine rings is 1. The highest BCUT2D eigenvalue weighted by atomic mass is 16.2. The lowest BCUT2D eigenvalue weighted by molar-refractivity contribution is 0.0456. The first-order chi connectivity index (χ1) is 9.04. The Bertz CT molecular complexity index is 460. The second-order valence-electron chi connectivity index (χ2n) is 5.69. The molecule has 0 spiro atoms. The van der Waals surface area contributed by atoms with E-state index in [1.807, 2.05) is 11.9 Å². The molecule has 3 atom stereocenters. The number of rotatable bonds is 2. The zero-order valence-corrected chi connectivity index (χ0v) is 12.2. The smallest absolute Gasteiger partial charge is 0.256 e. The van der Waals surface area contributed by atoms with Crippen molar-refractivity contribution in [1.82, 2.24) is 9.88 Å². The number of hydrogen-bond donors (Lipinski definition) is 1. The van der Waals surface area contributed by atoms with Crippen LogP contribution in [0.2, 0.25) is 0 Å². The highest BCUT2D eigenvalue weighted by molar-refractivity contribution is 5.99. The van der Waals surface area contributed by atoms with E-state index in [2.05, 4.69) is 31.1 Å². The summed E-state index contributed by atoms with van der Waals surface area (Å²) in [7, 11) is 1.82. The molecule has 1 aromatic rings. The molecule has 1 aliphatic heterocycles. The summed E-state index contributed by atoms with van der Waals surface area (Å²) < 4.78 is 0. The molecule has 0 radical (unpaired) electrons. The first-order valence-corrected chi connectivity index (χ1v) is 6.97.